The minimum absolute atomic E-state index is 0. The molecule has 2 heterocycles. The molecule has 0 radical (unpaired) electrons. The van der Waals surface area contributed by atoms with E-state index in [2.05, 4.69) is 27.3 Å². The van der Waals surface area contributed by atoms with E-state index < -0.39 is 0 Å². The Morgan fingerprint density at radius 3 is 2.79 bits per heavy atom. The van der Waals surface area contributed by atoms with E-state index in [0.717, 1.165) is 32.3 Å². The fourth-order valence-corrected chi connectivity index (χ4v) is 3.61. The summed E-state index contributed by atoms with van der Waals surface area (Å²) in [6, 6.07) is 10.3. The van der Waals surface area contributed by atoms with Crippen LogP contribution in [0.25, 0.3) is 0 Å². The lowest BCUT2D eigenvalue weighted by Crippen LogP contribution is -2.43. The van der Waals surface area contributed by atoms with Crippen molar-refractivity contribution in [2.24, 2.45) is 10.4 Å². The van der Waals surface area contributed by atoms with Crippen LogP contribution in [-0.4, -0.2) is 57.9 Å². The number of likely N-dealkylation sites (tertiary alicyclic amines) is 1. The molecule has 0 bridgehead atoms. The summed E-state index contributed by atoms with van der Waals surface area (Å²) in [5.41, 5.74) is 1.53. The highest BCUT2D eigenvalue weighted by Gasteiger charge is 2.42. The summed E-state index contributed by atoms with van der Waals surface area (Å²) in [5, 5.41) is 3.48. The molecule has 0 saturated carbocycles. The summed E-state index contributed by atoms with van der Waals surface area (Å²) < 4.78 is 11.2. The third kappa shape index (κ3) is 4.40. The minimum atomic E-state index is 0. The van der Waals surface area contributed by atoms with Crippen molar-refractivity contribution in [1.29, 1.82) is 0 Å². The van der Waals surface area contributed by atoms with E-state index in [1.807, 2.05) is 25.2 Å². The first-order chi connectivity index (χ1) is 11.3. The lowest BCUT2D eigenvalue weighted by Gasteiger charge is -2.26. The molecule has 3 rings (SSSR count). The van der Waals surface area contributed by atoms with Crippen molar-refractivity contribution in [3.63, 3.8) is 0 Å². The number of ether oxygens (including phenoxy) is 2. The molecule has 2 saturated heterocycles. The molecule has 0 amide bonds. The zero-order valence-electron chi connectivity index (χ0n) is 14.5. The molecule has 2 aliphatic heterocycles. The van der Waals surface area contributed by atoms with Crippen LogP contribution < -0.4 is 5.32 Å². The van der Waals surface area contributed by atoms with Crippen LogP contribution in [0, 0.1) is 5.41 Å². The Morgan fingerprint density at radius 2 is 2.17 bits per heavy atom. The third-order valence-electron chi connectivity index (χ3n) is 5.04. The minimum Gasteiger partial charge on any atom is -0.381 e. The topological polar surface area (TPSA) is 46.1 Å². The molecule has 2 unspecified atom stereocenters. The van der Waals surface area contributed by atoms with E-state index in [9.17, 15) is 0 Å². The van der Waals surface area contributed by atoms with Gasteiger partial charge in [-0.25, -0.2) is 0 Å². The number of methoxy groups -OCH3 is 1. The Balaban J connectivity index is 0.00000208. The second-order valence-electron chi connectivity index (χ2n) is 6.54. The Hall–Kier alpha value is -0.860. The second kappa shape index (κ2) is 9.01. The van der Waals surface area contributed by atoms with Crippen molar-refractivity contribution in [1.82, 2.24) is 10.2 Å². The number of aliphatic imine (C=N–C) groups is 1. The number of nitrogens with one attached hydrogen (secondary N) is 1. The summed E-state index contributed by atoms with van der Waals surface area (Å²) in [6.07, 6.45) is 2.39. The zero-order valence-corrected chi connectivity index (χ0v) is 16.9. The molecular formula is C18H28IN3O2. The molecule has 1 aromatic rings. The SMILES string of the molecule is CN=C(NCC(OC)c1ccccc1)N1CCC2(CCOC2)C1.I. The van der Waals surface area contributed by atoms with Gasteiger partial charge in [-0.15, -0.1) is 24.0 Å². The Labute approximate surface area is 161 Å². The molecule has 0 aromatic heterocycles. The van der Waals surface area contributed by atoms with Gasteiger partial charge in [0.05, 0.1) is 12.7 Å². The number of benzene rings is 1. The highest BCUT2D eigenvalue weighted by molar-refractivity contribution is 14.0. The molecule has 1 N–H and O–H groups in total. The van der Waals surface area contributed by atoms with Gasteiger partial charge in [0.15, 0.2) is 5.96 Å². The van der Waals surface area contributed by atoms with Gasteiger partial charge in [-0.1, -0.05) is 30.3 Å². The van der Waals surface area contributed by atoms with Crippen LogP contribution in [0.15, 0.2) is 35.3 Å². The number of halogens is 1. The second-order valence-corrected chi connectivity index (χ2v) is 6.54. The van der Waals surface area contributed by atoms with E-state index in [0.29, 0.717) is 12.0 Å². The average Bonchev–Trinajstić information content (AvgIpc) is 3.23. The van der Waals surface area contributed by atoms with E-state index in [4.69, 9.17) is 9.47 Å². The maximum Gasteiger partial charge on any atom is 0.193 e. The van der Waals surface area contributed by atoms with Gasteiger partial charge in [-0.3, -0.25) is 4.99 Å². The molecule has 1 aromatic carbocycles. The molecule has 24 heavy (non-hydrogen) atoms. The van der Waals surface area contributed by atoms with Crippen LogP contribution in [0.2, 0.25) is 0 Å². The maximum absolute atomic E-state index is 5.63. The lowest BCUT2D eigenvalue weighted by atomic mass is 9.87. The van der Waals surface area contributed by atoms with Crippen LogP contribution in [-0.2, 0) is 9.47 Å². The fourth-order valence-electron chi connectivity index (χ4n) is 3.61. The van der Waals surface area contributed by atoms with Crippen LogP contribution in [0.1, 0.15) is 24.5 Å². The highest BCUT2D eigenvalue weighted by atomic mass is 127. The van der Waals surface area contributed by atoms with Crippen molar-refractivity contribution >= 4 is 29.9 Å². The molecular weight excluding hydrogens is 417 g/mol. The first-order valence-electron chi connectivity index (χ1n) is 8.37. The lowest BCUT2D eigenvalue weighted by molar-refractivity contribution is 0.106. The van der Waals surface area contributed by atoms with E-state index in [1.54, 1.807) is 7.11 Å². The van der Waals surface area contributed by atoms with Gasteiger partial charge >= 0.3 is 0 Å². The van der Waals surface area contributed by atoms with E-state index in [-0.39, 0.29) is 30.1 Å². The number of nitrogens with zero attached hydrogens (tertiary/aromatic N) is 2. The predicted molar refractivity (Wildman–Crippen MR) is 107 cm³/mol. The molecule has 2 aliphatic rings. The van der Waals surface area contributed by atoms with Crippen molar-refractivity contribution in [3.05, 3.63) is 35.9 Å². The number of rotatable bonds is 4. The largest absolute Gasteiger partial charge is 0.381 e. The van der Waals surface area contributed by atoms with Crippen LogP contribution in [0.3, 0.4) is 0 Å². The standard InChI is InChI=1S/C18H27N3O2.HI/c1-19-17(21-10-8-18(13-21)9-11-23-14-18)20-12-16(22-2)15-6-4-3-5-7-15;/h3-7,16H,8-14H2,1-2H3,(H,19,20);1H. The first kappa shape index (κ1) is 19.5. The number of hydrogen-bond acceptors (Lipinski definition) is 3. The monoisotopic (exact) mass is 445 g/mol. The fraction of sp³-hybridized carbons (Fsp3) is 0.611. The van der Waals surface area contributed by atoms with Crippen LogP contribution >= 0.6 is 24.0 Å². The van der Waals surface area contributed by atoms with E-state index >= 15 is 0 Å². The Morgan fingerprint density at radius 1 is 1.38 bits per heavy atom. The Bertz CT molecular complexity index is 532. The average molecular weight is 445 g/mol. The molecule has 2 atom stereocenters. The van der Waals surface area contributed by atoms with E-state index in [1.165, 1.54) is 18.4 Å². The summed E-state index contributed by atoms with van der Waals surface area (Å²) >= 11 is 0. The van der Waals surface area contributed by atoms with Gasteiger partial charge in [0, 0.05) is 45.8 Å². The summed E-state index contributed by atoms with van der Waals surface area (Å²) in [7, 11) is 3.60. The van der Waals surface area contributed by atoms with Crippen molar-refractivity contribution < 1.29 is 9.47 Å². The smallest absolute Gasteiger partial charge is 0.193 e. The maximum atomic E-state index is 5.63. The molecule has 134 valence electrons. The Kier molecular flexibility index (Phi) is 7.31. The molecule has 6 heteroatoms. The van der Waals surface area contributed by atoms with Crippen LogP contribution in [0.4, 0.5) is 0 Å². The van der Waals surface area contributed by atoms with Gasteiger partial charge < -0.3 is 19.7 Å². The van der Waals surface area contributed by atoms with Crippen molar-refractivity contribution in [3.8, 4) is 0 Å². The van der Waals surface area contributed by atoms with Crippen LogP contribution in [0.5, 0.6) is 0 Å². The summed E-state index contributed by atoms with van der Waals surface area (Å²) in [6.45, 7) is 4.60. The summed E-state index contributed by atoms with van der Waals surface area (Å²) in [4.78, 5) is 6.81. The molecule has 0 aliphatic carbocycles. The quantitative estimate of drug-likeness (QED) is 0.440. The zero-order chi connectivity index (χ0) is 16.1. The normalized spacial score (nSPS) is 24.9. The number of hydrogen-bond donors (Lipinski definition) is 1. The number of guanidine groups is 1. The van der Waals surface area contributed by atoms with Crippen molar-refractivity contribution in [2.75, 3.05) is 47.0 Å². The van der Waals surface area contributed by atoms with Gasteiger partial charge in [-0.2, -0.15) is 0 Å². The van der Waals surface area contributed by atoms with Crippen molar-refractivity contribution in [2.45, 2.75) is 18.9 Å². The van der Waals surface area contributed by atoms with Gasteiger partial charge in [0.2, 0.25) is 0 Å². The van der Waals surface area contributed by atoms with Gasteiger partial charge in [0.25, 0.3) is 0 Å². The molecule has 5 nitrogen and oxygen atoms in total. The molecule has 2 fully saturated rings. The first-order valence-corrected chi connectivity index (χ1v) is 8.37. The third-order valence-corrected chi connectivity index (χ3v) is 5.04. The summed E-state index contributed by atoms with van der Waals surface area (Å²) in [5.74, 6) is 0.965. The predicted octanol–water partition coefficient (Wildman–Crippen LogP) is 2.68. The van der Waals surface area contributed by atoms with Gasteiger partial charge in [0.1, 0.15) is 0 Å². The van der Waals surface area contributed by atoms with Gasteiger partial charge in [-0.05, 0) is 18.4 Å². The molecule has 1 spiro atoms. The highest BCUT2D eigenvalue weighted by Crippen LogP contribution is 2.38.